The molecule has 1 aromatic heterocycles. The van der Waals surface area contributed by atoms with E-state index in [0.29, 0.717) is 18.2 Å². The second kappa shape index (κ2) is 8.34. The van der Waals surface area contributed by atoms with E-state index in [1.807, 2.05) is 36.6 Å². The maximum absolute atomic E-state index is 11.5. The predicted octanol–water partition coefficient (Wildman–Crippen LogP) is 3.29. The molecule has 0 radical (unpaired) electrons. The van der Waals surface area contributed by atoms with Gasteiger partial charge in [-0.15, -0.1) is 0 Å². The van der Waals surface area contributed by atoms with Gasteiger partial charge < -0.3 is 9.53 Å². The van der Waals surface area contributed by atoms with Gasteiger partial charge in [0.25, 0.3) is 0 Å². The summed E-state index contributed by atoms with van der Waals surface area (Å²) in [6.07, 6.45) is 6.84. The molecule has 0 fully saturated rings. The fourth-order valence-corrected chi connectivity index (χ4v) is 2.42. The van der Waals surface area contributed by atoms with Crippen molar-refractivity contribution in [1.29, 1.82) is 0 Å². The summed E-state index contributed by atoms with van der Waals surface area (Å²) in [6.45, 7) is 4.07. The fourth-order valence-electron chi connectivity index (χ4n) is 2.05. The fraction of sp³-hybridized carbons (Fsp3) is 0.235. The molecule has 1 heterocycles. The van der Waals surface area contributed by atoms with E-state index in [-0.39, 0.29) is 5.92 Å². The Morgan fingerprint density at radius 3 is 3.00 bits per heavy atom. The Morgan fingerprint density at radius 2 is 2.27 bits per heavy atom. The van der Waals surface area contributed by atoms with E-state index < -0.39 is 0 Å². The van der Waals surface area contributed by atoms with Crippen LogP contribution in [0.1, 0.15) is 17.2 Å². The average molecular weight is 314 g/mol. The summed E-state index contributed by atoms with van der Waals surface area (Å²) < 4.78 is 5.51. The molecule has 0 saturated carbocycles. The SMILES string of the molecule is C=CCOc1cccc(C(C=O)Cc2ccnc(SC)n2)c1. The summed E-state index contributed by atoms with van der Waals surface area (Å²) >= 11 is 1.49. The Bertz CT molecular complexity index is 646. The van der Waals surface area contributed by atoms with Crippen molar-refractivity contribution in [1.82, 2.24) is 9.97 Å². The van der Waals surface area contributed by atoms with E-state index in [0.717, 1.165) is 23.3 Å². The number of benzene rings is 1. The summed E-state index contributed by atoms with van der Waals surface area (Å²) in [5.41, 5.74) is 1.77. The standard InChI is InChI=1S/C17H18N2O2S/c1-3-9-21-16-6-4-5-13(11-16)14(12-20)10-15-7-8-18-17(19-15)22-2/h3-8,11-12,14H,1,9-10H2,2H3. The normalized spacial score (nSPS) is 11.7. The molecule has 1 aromatic carbocycles. The number of thioether (sulfide) groups is 1. The van der Waals surface area contributed by atoms with Crippen molar-refractivity contribution >= 4 is 18.0 Å². The van der Waals surface area contributed by atoms with Gasteiger partial charge in [-0.2, -0.15) is 0 Å². The Kier molecular flexibility index (Phi) is 6.15. The topological polar surface area (TPSA) is 52.1 Å². The molecule has 0 aliphatic rings. The smallest absolute Gasteiger partial charge is 0.187 e. The molecule has 0 saturated heterocycles. The number of ether oxygens (including phenoxy) is 1. The van der Waals surface area contributed by atoms with E-state index in [9.17, 15) is 4.79 Å². The summed E-state index contributed by atoms with van der Waals surface area (Å²) in [6, 6.07) is 9.41. The molecule has 0 N–H and O–H groups in total. The molecule has 22 heavy (non-hydrogen) atoms. The zero-order valence-corrected chi connectivity index (χ0v) is 13.3. The lowest BCUT2D eigenvalue weighted by molar-refractivity contribution is -0.109. The van der Waals surface area contributed by atoms with Crippen LogP contribution in [-0.4, -0.2) is 29.1 Å². The van der Waals surface area contributed by atoms with Crippen LogP contribution in [0.4, 0.5) is 0 Å². The van der Waals surface area contributed by atoms with Crippen molar-refractivity contribution in [3.63, 3.8) is 0 Å². The summed E-state index contributed by atoms with van der Waals surface area (Å²) in [5.74, 6) is 0.480. The van der Waals surface area contributed by atoms with Crippen LogP contribution in [-0.2, 0) is 11.2 Å². The second-order valence-electron chi connectivity index (χ2n) is 4.65. The van der Waals surface area contributed by atoms with E-state index in [2.05, 4.69) is 16.5 Å². The van der Waals surface area contributed by atoms with E-state index in [1.165, 1.54) is 11.8 Å². The highest BCUT2D eigenvalue weighted by molar-refractivity contribution is 7.98. The highest BCUT2D eigenvalue weighted by Gasteiger charge is 2.13. The van der Waals surface area contributed by atoms with Crippen LogP contribution in [0.3, 0.4) is 0 Å². The summed E-state index contributed by atoms with van der Waals surface area (Å²) in [4.78, 5) is 20.1. The lowest BCUT2D eigenvalue weighted by atomic mass is 9.95. The minimum Gasteiger partial charge on any atom is -0.490 e. The molecule has 114 valence electrons. The van der Waals surface area contributed by atoms with E-state index in [1.54, 1.807) is 12.3 Å². The molecule has 5 heteroatoms. The highest BCUT2D eigenvalue weighted by Crippen LogP contribution is 2.23. The Balaban J connectivity index is 2.16. The summed E-state index contributed by atoms with van der Waals surface area (Å²) in [7, 11) is 0. The Hall–Kier alpha value is -2.14. The quantitative estimate of drug-likeness (QED) is 0.324. The lowest BCUT2D eigenvalue weighted by Gasteiger charge is -2.12. The molecular formula is C17H18N2O2S. The molecule has 0 aliphatic carbocycles. The number of hydrogen-bond acceptors (Lipinski definition) is 5. The molecular weight excluding hydrogens is 296 g/mol. The van der Waals surface area contributed by atoms with Gasteiger partial charge >= 0.3 is 0 Å². The van der Waals surface area contributed by atoms with Crippen LogP contribution in [0, 0.1) is 0 Å². The predicted molar refractivity (Wildman–Crippen MR) is 88.5 cm³/mol. The molecule has 0 bridgehead atoms. The van der Waals surface area contributed by atoms with Gasteiger partial charge in [0, 0.05) is 24.2 Å². The maximum atomic E-state index is 11.5. The molecule has 0 aliphatic heterocycles. The second-order valence-corrected chi connectivity index (χ2v) is 5.43. The van der Waals surface area contributed by atoms with Crippen LogP contribution in [0.2, 0.25) is 0 Å². The van der Waals surface area contributed by atoms with Crippen molar-refractivity contribution in [3.05, 3.63) is 60.4 Å². The zero-order valence-electron chi connectivity index (χ0n) is 12.4. The monoisotopic (exact) mass is 314 g/mol. The Morgan fingerprint density at radius 1 is 1.41 bits per heavy atom. The Labute approximate surface area is 134 Å². The third-order valence-electron chi connectivity index (χ3n) is 3.12. The zero-order chi connectivity index (χ0) is 15.8. The third kappa shape index (κ3) is 4.43. The van der Waals surface area contributed by atoms with Crippen LogP contribution in [0.15, 0.2) is 54.3 Å². The molecule has 1 atom stereocenters. The van der Waals surface area contributed by atoms with Gasteiger partial charge in [0.2, 0.25) is 0 Å². The summed E-state index contributed by atoms with van der Waals surface area (Å²) in [5, 5.41) is 0.713. The molecule has 2 aromatic rings. The van der Waals surface area contributed by atoms with E-state index in [4.69, 9.17) is 4.74 Å². The largest absolute Gasteiger partial charge is 0.490 e. The minimum atomic E-state index is -0.253. The molecule has 2 rings (SSSR count). The van der Waals surface area contributed by atoms with Gasteiger partial charge in [0.1, 0.15) is 18.6 Å². The third-order valence-corrected chi connectivity index (χ3v) is 3.68. The highest BCUT2D eigenvalue weighted by atomic mass is 32.2. The van der Waals surface area contributed by atoms with Crippen molar-refractivity contribution in [2.45, 2.75) is 17.5 Å². The number of aromatic nitrogens is 2. The molecule has 1 unspecified atom stereocenters. The first-order chi connectivity index (χ1) is 10.8. The number of nitrogens with zero attached hydrogens (tertiary/aromatic N) is 2. The molecule has 4 nitrogen and oxygen atoms in total. The van der Waals surface area contributed by atoms with Gasteiger partial charge in [-0.1, -0.05) is 36.5 Å². The van der Waals surface area contributed by atoms with Crippen molar-refractivity contribution in [3.8, 4) is 5.75 Å². The first-order valence-corrected chi connectivity index (χ1v) is 8.14. The van der Waals surface area contributed by atoms with Crippen LogP contribution >= 0.6 is 11.8 Å². The maximum Gasteiger partial charge on any atom is 0.187 e. The first kappa shape index (κ1) is 16.2. The van der Waals surface area contributed by atoms with Crippen LogP contribution < -0.4 is 4.74 Å². The number of carbonyl (C=O) groups excluding carboxylic acids is 1. The van der Waals surface area contributed by atoms with Gasteiger partial charge in [-0.3, -0.25) is 0 Å². The van der Waals surface area contributed by atoms with Crippen molar-refractivity contribution < 1.29 is 9.53 Å². The van der Waals surface area contributed by atoms with Crippen LogP contribution in [0.25, 0.3) is 0 Å². The number of carbonyl (C=O) groups is 1. The van der Waals surface area contributed by atoms with Gasteiger partial charge in [0.15, 0.2) is 5.16 Å². The van der Waals surface area contributed by atoms with Gasteiger partial charge in [-0.05, 0) is 30.0 Å². The lowest BCUT2D eigenvalue weighted by Crippen LogP contribution is -2.07. The molecule has 0 spiro atoms. The molecule has 0 amide bonds. The van der Waals surface area contributed by atoms with Crippen LogP contribution in [0.5, 0.6) is 5.75 Å². The van der Waals surface area contributed by atoms with Crippen molar-refractivity contribution in [2.24, 2.45) is 0 Å². The first-order valence-electron chi connectivity index (χ1n) is 6.91. The van der Waals surface area contributed by atoms with E-state index >= 15 is 0 Å². The minimum absolute atomic E-state index is 0.253. The number of aldehydes is 1. The van der Waals surface area contributed by atoms with Gasteiger partial charge in [0.05, 0.1) is 0 Å². The number of hydrogen-bond donors (Lipinski definition) is 0. The van der Waals surface area contributed by atoms with Crippen molar-refractivity contribution in [2.75, 3.05) is 12.9 Å². The van der Waals surface area contributed by atoms with Gasteiger partial charge in [-0.25, -0.2) is 9.97 Å². The average Bonchev–Trinajstić information content (AvgIpc) is 2.58. The number of rotatable bonds is 8.